The second kappa shape index (κ2) is 5.25. The second-order valence-electron chi connectivity index (χ2n) is 6.73. The van der Waals surface area contributed by atoms with Crippen LogP contribution in [0.1, 0.15) is 44.2 Å². The summed E-state index contributed by atoms with van der Waals surface area (Å²) < 4.78 is 7.64. The molecule has 0 aromatic heterocycles. The zero-order valence-electron chi connectivity index (χ0n) is 12.6. The summed E-state index contributed by atoms with van der Waals surface area (Å²) in [7, 11) is 0. The predicted molar refractivity (Wildman–Crippen MR) is 87.7 cm³/mol. The molecule has 1 saturated heterocycles. The van der Waals surface area contributed by atoms with Crippen molar-refractivity contribution in [3.63, 3.8) is 0 Å². The fourth-order valence-corrected chi connectivity index (χ4v) is 4.29. The Bertz CT molecular complexity index is 546. The van der Waals surface area contributed by atoms with Gasteiger partial charge in [-0.05, 0) is 31.5 Å². The summed E-state index contributed by atoms with van der Waals surface area (Å²) in [6.07, 6.45) is 5.03. The maximum atomic E-state index is 6.53. The summed E-state index contributed by atoms with van der Waals surface area (Å²) in [5.74, 6) is 1.07. The van der Waals surface area contributed by atoms with Crippen LogP contribution in [-0.2, 0) is 0 Å². The van der Waals surface area contributed by atoms with Crippen LogP contribution in [-0.4, -0.2) is 36.2 Å². The molecular formula is C17H23BrN2O. The molecule has 0 bridgehead atoms. The fourth-order valence-electron chi connectivity index (χ4n) is 3.95. The van der Waals surface area contributed by atoms with Crippen LogP contribution < -0.4 is 10.1 Å². The zero-order chi connectivity index (χ0) is 14.4. The zero-order valence-corrected chi connectivity index (χ0v) is 14.2. The standard InChI is InChI=1S/C17H23BrN2O/c1-2-19-15-10-17(7-8-20(11-17)13-4-5-13)21-16-9-12(18)3-6-14(15)16/h3,6,9,13,15,19H,2,4-5,7-8,10-11H2,1H3. The van der Waals surface area contributed by atoms with Crippen LogP contribution in [0, 0.1) is 0 Å². The minimum Gasteiger partial charge on any atom is -0.485 e. The van der Waals surface area contributed by atoms with Gasteiger partial charge in [-0.1, -0.05) is 28.9 Å². The number of nitrogens with one attached hydrogen (secondary N) is 1. The molecule has 114 valence electrons. The lowest BCUT2D eigenvalue weighted by atomic mass is 9.86. The lowest BCUT2D eigenvalue weighted by Crippen LogP contribution is -2.46. The van der Waals surface area contributed by atoms with Gasteiger partial charge < -0.3 is 10.1 Å². The molecule has 21 heavy (non-hydrogen) atoms. The van der Waals surface area contributed by atoms with E-state index in [9.17, 15) is 0 Å². The Balaban J connectivity index is 1.63. The first kappa shape index (κ1) is 14.0. The monoisotopic (exact) mass is 350 g/mol. The van der Waals surface area contributed by atoms with E-state index in [0.29, 0.717) is 6.04 Å². The molecule has 1 saturated carbocycles. The molecule has 4 rings (SSSR count). The average Bonchev–Trinajstić information content (AvgIpc) is 3.22. The normalized spacial score (nSPS) is 32.2. The van der Waals surface area contributed by atoms with Crippen LogP contribution in [0.2, 0.25) is 0 Å². The van der Waals surface area contributed by atoms with Gasteiger partial charge in [0.15, 0.2) is 0 Å². The third-order valence-corrected chi connectivity index (χ3v) is 5.61. The first-order valence-corrected chi connectivity index (χ1v) is 8.94. The van der Waals surface area contributed by atoms with Gasteiger partial charge in [0.05, 0.1) is 0 Å². The highest BCUT2D eigenvalue weighted by Gasteiger charge is 2.48. The maximum Gasteiger partial charge on any atom is 0.126 e. The Labute approximate surface area is 135 Å². The molecule has 3 nitrogen and oxygen atoms in total. The topological polar surface area (TPSA) is 24.5 Å². The SMILES string of the molecule is CCNC1CC2(CCN(C3CC3)C2)Oc2cc(Br)ccc21. The average molecular weight is 351 g/mol. The van der Waals surface area contributed by atoms with Crippen molar-refractivity contribution in [3.05, 3.63) is 28.2 Å². The molecule has 2 atom stereocenters. The van der Waals surface area contributed by atoms with E-state index in [1.165, 1.54) is 24.9 Å². The molecule has 1 aromatic carbocycles. The summed E-state index contributed by atoms with van der Waals surface area (Å²) in [4.78, 5) is 2.64. The number of hydrogen-bond acceptors (Lipinski definition) is 3. The Morgan fingerprint density at radius 2 is 2.29 bits per heavy atom. The van der Waals surface area contributed by atoms with Crippen molar-refractivity contribution in [2.45, 2.75) is 50.3 Å². The van der Waals surface area contributed by atoms with Crippen LogP contribution in [0.5, 0.6) is 5.75 Å². The highest BCUT2D eigenvalue weighted by molar-refractivity contribution is 9.10. The second-order valence-corrected chi connectivity index (χ2v) is 7.65. The number of nitrogens with zero attached hydrogens (tertiary/aromatic N) is 1. The van der Waals surface area contributed by atoms with Crippen LogP contribution in [0.3, 0.4) is 0 Å². The van der Waals surface area contributed by atoms with Gasteiger partial charge in [-0.25, -0.2) is 0 Å². The summed E-state index contributed by atoms with van der Waals surface area (Å²) in [6, 6.07) is 7.73. The van der Waals surface area contributed by atoms with Gasteiger partial charge in [-0.2, -0.15) is 0 Å². The molecule has 1 spiro atoms. The van der Waals surface area contributed by atoms with Crippen LogP contribution in [0.15, 0.2) is 22.7 Å². The molecule has 1 aliphatic carbocycles. The van der Waals surface area contributed by atoms with Crippen molar-refractivity contribution in [2.75, 3.05) is 19.6 Å². The van der Waals surface area contributed by atoms with E-state index in [-0.39, 0.29) is 5.60 Å². The smallest absolute Gasteiger partial charge is 0.126 e. The van der Waals surface area contributed by atoms with E-state index in [1.807, 2.05) is 0 Å². The van der Waals surface area contributed by atoms with E-state index in [4.69, 9.17) is 4.74 Å². The number of fused-ring (bicyclic) bond motifs is 1. The van der Waals surface area contributed by atoms with Gasteiger partial charge in [-0.15, -0.1) is 0 Å². The minimum atomic E-state index is 0.0171. The van der Waals surface area contributed by atoms with Gasteiger partial charge in [-0.3, -0.25) is 4.90 Å². The van der Waals surface area contributed by atoms with Gasteiger partial charge in [0.2, 0.25) is 0 Å². The van der Waals surface area contributed by atoms with E-state index >= 15 is 0 Å². The van der Waals surface area contributed by atoms with Gasteiger partial charge >= 0.3 is 0 Å². The van der Waals surface area contributed by atoms with Crippen LogP contribution >= 0.6 is 15.9 Å². The molecule has 2 heterocycles. The number of benzene rings is 1. The molecule has 2 aliphatic heterocycles. The van der Waals surface area contributed by atoms with Gasteiger partial charge in [0.1, 0.15) is 11.4 Å². The van der Waals surface area contributed by atoms with Crippen molar-refractivity contribution >= 4 is 15.9 Å². The molecule has 4 heteroatoms. The molecular weight excluding hydrogens is 328 g/mol. The quantitative estimate of drug-likeness (QED) is 0.902. The van der Waals surface area contributed by atoms with E-state index in [2.05, 4.69) is 51.3 Å². The number of ether oxygens (including phenoxy) is 1. The minimum absolute atomic E-state index is 0.0171. The first-order valence-electron chi connectivity index (χ1n) is 8.15. The van der Waals surface area contributed by atoms with E-state index in [0.717, 1.165) is 42.2 Å². The lowest BCUT2D eigenvalue weighted by Gasteiger charge is -2.40. The van der Waals surface area contributed by atoms with Gasteiger partial charge in [0.25, 0.3) is 0 Å². The van der Waals surface area contributed by atoms with Crippen molar-refractivity contribution in [1.82, 2.24) is 10.2 Å². The lowest BCUT2D eigenvalue weighted by molar-refractivity contribution is 0.0379. The molecule has 0 amide bonds. The van der Waals surface area contributed by atoms with E-state index < -0.39 is 0 Å². The molecule has 3 aliphatic rings. The van der Waals surface area contributed by atoms with Crippen LogP contribution in [0.25, 0.3) is 0 Å². The number of hydrogen-bond donors (Lipinski definition) is 1. The maximum absolute atomic E-state index is 6.53. The molecule has 1 aromatic rings. The molecule has 1 N–H and O–H groups in total. The predicted octanol–water partition coefficient (Wildman–Crippen LogP) is 3.49. The van der Waals surface area contributed by atoms with Gasteiger partial charge in [0, 0.05) is 48.1 Å². The highest BCUT2D eigenvalue weighted by atomic mass is 79.9. The Morgan fingerprint density at radius 1 is 1.43 bits per heavy atom. The summed E-state index contributed by atoms with van der Waals surface area (Å²) in [5, 5.41) is 3.66. The number of halogens is 1. The van der Waals surface area contributed by atoms with Crippen LogP contribution in [0.4, 0.5) is 0 Å². The van der Waals surface area contributed by atoms with Crippen molar-refractivity contribution < 1.29 is 4.74 Å². The number of rotatable bonds is 3. The first-order chi connectivity index (χ1) is 10.2. The number of likely N-dealkylation sites (tertiary alicyclic amines) is 1. The van der Waals surface area contributed by atoms with Crippen molar-refractivity contribution in [3.8, 4) is 5.75 Å². The molecule has 0 radical (unpaired) electrons. The summed E-state index contributed by atoms with van der Waals surface area (Å²) >= 11 is 3.58. The van der Waals surface area contributed by atoms with E-state index in [1.54, 1.807) is 0 Å². The fraction of sp³-hybridized carbons (Fsp3) is 0.647. The highest BCUT2D eigenvalue weighted by Crippen LogP contribution is 2.46. The summed E-state index contributed by atoms with van der Waals surface area (Å²) in [6.45, 7) is 5.49. The van der Waals surface area contributed by atoms with Crippen molar-refractivity contribution in [1.29, 1.82) is 0 Å². The Morgan fingerprint density at radius 3 is 3.05 bits per heavy atom. The third kappa shape index (κ3) is 2.62. The van der Waals surface area contributed by atoms with Crippen molar-refractivity contribution in [2.24, 2.45) is 0 Å². The Hall–Kier alpha value is -0.580. The molecule has 2 fully saturated rings. The Kier molecular flexibility index (Phi) is 3.51. The largest absolute Gasteiger partial charge is 0.485 e. The molecule has 2 unspecified atom stereocenters. The summed E-state index contributed by atoms with van der Waals surface area (Å²) in [5.41, 5.74) is 1.33. The third-order valence-electron chi connectivity index (χ3n) is 5.11.